The maximum absolute atomic E-state index is 13.3. The summed E-state index contributed by atoms with van der Waals surface area (Å²) in [6.45, 7) is 3.08. The molecule has 144 valence electrons. The molecule has 0 saturated carbocycles. The van der Waals surface area contributed by atoms with Gasteiger partial charge in [-0.2, -0.15) is 13.2 Å². The summed E-state index contributed by atoms with van der Waals surface area (Å²) in [5.41, 5.74) is -0.239. The Labute approximate surface area is 160 Å². The zero-order valence-corrected chi connectivity index (χ0v) is 15.7. The predicted octanol–water partition coefficient (Wildman–Crippen LogP) is 4.66. The molecule has 4 nitrogen and oxygen atoms in total. The molecule has 8 heteroatoms. The highest BCUT2D eigenvalue weighted by Gasteiger charge is 2.34. The van der Waals surface area contributed by atoms with Crippen LogP contribution in [0.1, 0.15) is 31.9 Å². The van der Waals surface area contributed by atoms with Gasteiger partial charge in [0, 0.05) is 18.7 Å². The third-order valence-electron chi connectivity index (χ3n) is 4.36. The first kappa shape index (κ1) is 19.7. The Morgan fingerprint density at radius 3 is 2.41 bits per heavy atom. The summed E-state index contributed by atoms with van der Waals surface area (Å²) in [4.78, 5) is 22.3. The minimum atomic E-state index is -4.58. The molecule has 1 aromatic heterocycles. The number of alkyl halides is 3. The van der Waals surface area contributed by atoms with Gasteiger partial charge in [0.05, 0.1) is 10.9 Å². The average molecular weight is 395 g/mol. The molecule has 3 rings (SSSR count). The summed E-state index contributed by atoms with van der Waals surface area (Å²) in [7, 11) is 0. The van der Waals surface area contributed by atoms with E-state index < -0.39 is 17.1 Å². The number of thioether (sulfide) groups is 1. The van der Waals surface area contributed by atoms with Crippen molar-refractivity contribution in [3.8, 4) is 11.3 Å². The van der Waals surface area contributed by atoms with E-state index in [1.54, 1.807) is 42.2 Å². The van der Waals surface area contributed by atoms with Crippen LogP contribution < -0.4 is 0 Å². The third kappa shape index (κ3) is 5.00. The first-order valence-corrected chi connectivity index (χ1v) is 9.70. The van der Waals surface area contributed by atoms with Crippen molar-refractivity contribution in [1.29, 1.82) is 0 Å². The van der Waals surface area contributed by atoms with Crippen molar-refractivity contribution in [2.45, 2.75) is 42.8 Å². The molecule has 1 aliphatic rings. The standard InChI is InChI=1S/C19H20F3N3OS/c1-13(17(26)25-10-6-3-7-11-25)27-18-23-15(14-8-4-2-5-9-14)12-16(24-18)19(20,21)22/h2,4-5,8-9,12-13H,3,6-7,10-11H2,1H3/t13-/m0/s1. The van der Waals surface area contributed by atoms with Crippen LogP contribution in [0.5, 0.6) is 0 Å². The van der Waals surface area contributed by atoms with Gasteiger partial charge in [-0.3, -0.25) is 4.79 Å². The van der Waals surface area contributed by atoms with Gasteiger partial charge >= 0.3 is 6.18 Å². The van der Waals surface area contributed by atoms with Gasteiger partial charge in [-0.05, 0) is 32.3 Å². The zero-order valence-electron chi connectivity index (χ0n) is 14.9. The largest absolute Gasteiger partial charge is 0.433 e. The van der Waals surface area contributed by atoms with E-state index in [4.69, 9.17) is 0 Å². The van der Waals surface area contributed by atoms with Crippen LogP contribution in [0.2, 0.25) is 0 Å². The Kier molecular flexibility index (Phi) is 6.04. The first-order chi connectivity index (χ1) is 12.8. The lowest BCUT2D eigenvalue weighted by molar-refractivity contribution is -0.141. The number of hydrogen-bond donors (Lipinski definition) is 0. The summed E-state index contributed by atoms with van der Waals surface area (Å²) >= 11 is 0.971. The highest BCUT2D eigenvalue weighted by molar-refractivity contribution is 8.00. The predicted molar refractivity (Wildman–Crippen MR) is 98.2 cm³/mol. The molecule has 27 heavy (non-hydrogen) atoms. The Hall–Kier alpha value is -2.09. The van der Waals surface area contributed by atoms with Crippen LogP contribution in [0.4, 0.5) is 13.2 Å². The van der Waals surface area contributed by atoms with E-state index in [1.165, 1.54) is 0 Å². The molecule has 0 aliphatic carbocycles. The molecule has 1 aliphatic heterocycles. The van der Waals surface area contributed by atoms with Crippen molar-refractivity contribution in [1.82, 2.24) is 14.9 Å². The van der Waals surface area contributed by atoms with Crippen molar-refractivity contribution >= 4 is 17.7 Å². The zero-order chi connectivity index (χ0) is 19.4. The van der Waals surface area contributed by atoms with Gasteiger partial charge in [0.2, 0.25) is 5.91 Å². The molecule has 1 aromatic carbocycles. The number of carbonyl (C=O) groups is 1. The minimum absolute atomic E-state index is 0.0402. The van der Waals surface area contributed by atoms with E-state index >= 15 is 0 Å². The van der Waals surface area contributed by atoms with E-state index in [-0.39, 0.29) is 16.8 Å². The van der Waals surface area contributed by atoms with Crippen LogP contribution in [-0.4, -0.2) is 39.1 Å². The summed E-state index contributed by atoms with van der Waals surface area (Å²) in [5.74, 6) is -0.0815. The van der Waals surface area contributed by atoms with Gasteiger partial charge in [-0.15, -0.1) is 0 Å². The summed E-state index contributed by atoms with van der Waals surface area (Å²) in [6, 6.07) is 9.58. The molecule has 2 aromatic rings. The number of halogens is 3. The summed E-state index contributed by atoms with van der Waals surface area (Å²) < 4.78 is 39.8. The summed E-state index contributed by atoms with van der Waals surface area (Å²) in [5, 5.41) is -0.586. The van der Waals surface area contributed by atoms with E-state index in [2.05, 4.69) is 9.97 Å². The fourth-order valence-electron chi connectivity index (χ4n) is 2.96. The number of aromatic nitrogens is 2. The molecule has 1 atom stereocenters. The highest BCUT2D eigenvalue weighted by Crippen LogP contribution is 2.33. The maximum atomic E-state index is 13.3. The van der Waals surface area contributed by atoms with Crippen LogP contribution in [0, 0.1) is 0 Å². The second-order valence-corrected chi connectivity index (χ2v) is 7.74. The number of benzene rings is 1. The number of carbonyl (C=O) groups excluding carboxylic acids is 1. The normalized spacial score (nSPS) is 16.2. The molecule has 0 radical (unpaired) electrons. The average Bonchev–Trinajstić information content (AvgIpc) is 2.68. The number of hydrogen-bond acceptors (Lipinski definition) is 4. The van der Waals surface area contributed by atoms with Crippen molar-refractivity contribution in [2.24, 2.45) is 0 Å². The van der Waals surface area contributed by atoms with Crippen LogP contribution in [-0.2, 0) is 11.0 Å². The maximum Gasteiger partial charge on any atom is 0.433 e. The lowest BCUT2D eigenvalue weighted by Gasteiger charge is -2.28. The Balaban J connectivity index is 1.86. The third-order valence-corrected chi connectivity index (χ3v) is 5.31. The van der Waals surface area contributed by atoms with Gasteiger partial charge < -0.3 is 4.90 Å². The Morgan fingerprint density at radius 2 is 1.78 bits per heavy atom. The highest BCUT2D eigenvalue weighted by atomic mass is 32.2. The van der Waals surface area contributed by atoms with Crippen LogP contribution in [0.3, 0.4) is 0 Å². The molecule has 0 spiro atoms. The molecular formula is C19H20F3N3OS. The smallest absolute Gasteiger partial charge is 0.342 e. The van der Waals surface area contributed by atoms with Crippen LogP contribution in [0.15, 0.2) is 41.6 Å². The minimum Gasteiger partial charge on any atom is -0.342 e. The Bertz CT molecular complexity index is 793. The molecule has 2 heterocycles. The fraction of sp³-hybridized carbons (Fsp3) is 0.421. The van der Waals surface area contributed by atoms with Gasteiger partial charge in [0.25, 0.3) is 0 Å². The number of nitrogens with zero attached hydrogens (tertiary/aromatic N) is 3. The molecular weight excluding hydrogens is 375 g/mol. The van der Waals surface area contributed by atoms with Gasteiger partial charge in [0.1, 0.15) is 5.69 Å². The van der Waals surface area contributed by atoms with Crippen molar-refractivity contribution in [2.75, 3.05) is 13.1 Å². The lowest BCUT2D eigenvalue weighted by Crippen LogP contribution is -2.40. The van der Waals surface area contributed by atoms with Gasteiger partial charge in [-0.1, -0.05) is 42.1 Å². The molecule has 0 bridgehead atoms. The second-order valence-electron chi connectivity index (χ2n) is 6.43. The first-order valence-electron chi connectivity index (χ1n) is 8.82. The number of rotatable bonds is 4. The van der Waals surface area contributed by atoms with Crippen LogP contribution >= 0.6 is 11.8 Å². The van der Waals surface area contributed by atoms with E-state index in [1.807, 2.05) is 0 Å². The van der Waals surface area contributed by atoms with Gasteiger partial charge in [-0.25, -0.2) is 9.97 Å². The van der Waals surface area contributed by atoms with Gasteiger partial charge in [0.15, 0.2) is 5.16 Å². The monoisotopic (exact) mass is 395 g/mol. The number of amides is 1. The molecule has 1 fully saturated rings. The topological polar surface area (TPSA) is 46.1 Å². The molecule has 1 amide bonds. The van der Waals surface area contributed by atoms with Crippen molar-refractivity contribution in [3.05, 3.63) is 42.1 Å². The SMILES string of the molecule is C[C@H](Sc1nc(-c2ccccc2)cc(C(F)(F)F)n1)C(=O)N1CCCCC1. The van der Waals surface area contributed by atoms with Crippen LogP contribution in [0.25, 0.3) is 11.3 Å². The molecule has 0 unspecified atom stereocenters. The van der Waals surface area contributed by atoms with E-state index in [9.17, 15) is 18.0 Å². The number of piperidine rings is 1. The van der Waals surface area contributed by atoms with E-state index in [0.717, 1.165) is 37.1 Å². The van der Waals surface area contributed by atoms with Crippen molar-refractivity contribution < 1.29 is 18.0 Å². The molecule has 1 saturated heterocycles. The Morgan fingerprint density at radius 1 is 1.11 bits per heavy atom. The van der Waals surface area contributed by atoms with E-state index in [0.29, 0.717) is 18.7 Å². The summed E-state index contributed by atoms with van der Waals surface area (Å²) in [6.07, 6.45) is -1.56. The quantitative estimate of drug-likeness (QED) is 0.558. The number of likely N-dealkylation sites (tertiary alicyclic amines) is 1. The molecule has 0 N–H and O–H groups in total. The lowest BCUT2D eigenvalue weighted by atomic mass is 10.1. The fourth-order valence-corrected chi connectivity index (χ4v) is 3.83. The van der Waals surface area contributed by atoms with Crippen molar-refractivity contribution in [3.63, 3.8) is 0 Å². The second kappa shape index (κ2) is 8.29.